The van der Waals surface area contributed by atoms with Gasteiger partial charge in [-0.25, -0.2) is 9.48 Å². The van der Waals surface area contributed by atoms with Crippen molar-refractivity contribution in [3.8, 4) is 5.75 Å². The van der Waals surface area contributed by atoms with Gasteiger partial charge in [-0.1, -0.05) is 19.1 Å². The highest BCUT2D eigenvalue weighted by Crippen LogP contribution is 2.55. The van der Waals surface area contributed by atoms with Crippen molar-refractivity contribution >= 4 is 11.7 Å². The maximum atomic E-state index is 12.7. The molecule has 0 aliphatic heterocycles. The first-order valence-electron chi connectivity index (χ1n) is 10.9. The SMILES string of the molecule is CCc1ccc(OCn2cc(NC(=O)NC34CC5CC(CC(C5)C3)C4)cn2)cc1. The van der Waals surface area contributed by atoms with E-state index in [9.17, 15) is 4.79 Å². The van der Waals surface area contributed by atoms with E-state index in [0.29, 0.717) is 12.4 Å². The van der Waals surface area contributed by atoms with E-state index in [1.54, 1.807) is 17.1 Å². The summed E-state index contributed by atoms with van der Waals surface area (Å²) < 4.78 is 7.46. The molecule has 4 saturated carbocycles. The van der Waals surface area contributed by atoms with Gasteiger partial charge in [-0.05, 0) is 80.4 Å². The first kappa shape index (κ1) is 18.5. The van der Waals surface area contributed by atoms with Gasteiger partial charge in [-0.2, -0.15) is 5.10 Å². The number of urea groups is 1. The molecule has 0 saturated heterocycles. The molecular weight excluding hydrogens is 364 g/mol. The number of carbonyl (C=O) groups excluding carboxylic acids is 1. The molecule has 0 spiro atoms. The van der Waals surface area contributed by atoms with Crippen molar-refractivity contribution in [2.75, 3.05) is 5.32 Å². The van der Waals surface area contributed by atoms with Gasteiger partial charge in [-0.3, -0.25) is 0 Å². The van der Waals surface area contributed by atoms with Crippen molar-refractivity contribution in [1.29, 1.82) is 0 Å². The molecule has 4 fully saturated rings. The molecule has 0 atom stereocenters. The van der Waals surface area contributed by atoms with Crippen LogP contribution >= 0.6 is 0 Å². The van der Waals surface area contributed by atoms with E-state index >= 15 is 0 Å². The van der Waals surface area contributed by atoms with E-state index in [2.05, 4.69) is 34.8 Å². The van der Waals surface area contributed by atoms with Gasteiger partial charge in [0.1, 0.15) is 5.75 Å². The lowest BCUT2D eigenvalue weighted by molar-refractivity contribution is -0.0127. The fraction of sp³-hybridized carbons (Fsp3) is 0.565. The largest absolute Gasteiger partial charge is 0.471 e. The van der Waals surface area contributed by atoms with Crippen molar-refractivity contribution in [2.24, 2.45) is 17.8 Å². The summed E-state index contributed by atoms with van der Waals surface area (Å²) in [4.78, 5) is 12.7. The highest BCUT2D eigenvalue weighted by Gasteiger charge is 2.51. The number of hydrogen-bond acceptors (Lipinski definition) is 3. The summed E-state index contributed by atoms with van der Waals surface area (Å²) >= 11 is 0. The Hall–Kier alpha value is -2.50. The standard InChI is InChI=1S/C23H30N4O2/c1-2-16-3-5-21(6-4-16)29-15-27-14-20(13-24-27)25-22(28)26-23-10-17-7-18(11-23)9-19(8-17)12-23/h3-6,13-14,17-19H,2,7-12,15H2,1H3,(H2,25,26,28). The van der Waals surface area contributed by atoms with Gasteiger partial charge in [-0.15, -0.1) is 0 Å². The third-order valence-electron chi connectivity index (χ3n) is 7.00. The van der Waals surface area contributed by atoms with Crippen LogP contribution in [0.3, 0.4) is 0 Å². The first-order valence-corrected chi connectivity index (χ1v) is 10.9. The van der Waals surface area contributed by atoms with Crippen LogP contribution in [0.2, 0.25) is 0 Å². The van der Waals surface area contributed by atoms with Crippen molar-refractivity contribution in [2.45, 2.75) is 64.1 Å². The van der Waals surface area contributed by atoms with Crippen LogP contribution in [0.5, 0.6) is 5.75 Å². The summed E-state index contributed by atoms with van der Waals surface area (Å²) in [6.45, 7) is 2.44. The summed E-state index contributed by atoms with van der Waals surface area (Å²) in [5.74, 6) is 3.25. The fourth-order valence-corrected chi connectivity index (χ4v) is 6.13. The number of nitrogens with zero attached hydrogens (tertiary/aromatic N) is 2. The molecule has 2 N–H and O–H groups in total. The summed E-state index contributed by atoms with van der Waals surface area (Å²) in [6, 6.07) is 7.98. The predicted molar refractivity (Wildman–Crippen MR) is 112 cm³/mol. The highest BCUT2D eigenvalue weighted by molar-refractivity contribution is 5.89. The maximum Gasteiger partial charge on any atom is 0.319 e. The van der Waals surface area contributed by atoms with Gasteiger partial charge >= 0.3 is 6.03 Å². The van der Waals surface area contributed by atoms with Gasteiger partial charge in [0.15, 0.2) is 6.73 Å². The third kappa shape index (κ3) is 3.98. The maximum absolute atomic E-state index is 12.7. The lowest BCUT2D eigenvalue weighted by Crippen LogP contribution is -2.60. The van der Waals surface area contributed by atoms with Crippen molar-refractivity contribution in [3.63, 3.8) is 0 Å². The molecule has 4 aliphatic carbocycles. The smallest absolute Gasteiger partial charge is 0.319 e. The average Bonchev–Trinajstić information content (AvgIpc) is 3.12. The van der Waals surface area contributed by atoms with Crippen LogP contribution < -0.4 is 15.4 Å². The number of aryl methyl sites for hydroxylation is 1. The molecule has 154 valence electrons. The Kier molecular flexibility index (Phi) is 4.72. The normalized spacial score (nSPS) is 29.6. The lowest BCUT2D eigenvalue weighted by atomic mass is 9.53. The van der Waals surface area contributed by atoms with E-state index < -0.39 is 0 Å². The third-order valence-corrected chi connectivity index (χ3v) is 7.00. The number of hydrogen-bond donors (Lipinski definition) is 2. The number of carbonyl (C=O) groups is 1. The second kappa shape index (κ2) is 7.39. The van der Waals surface area contributed by atoms with Crippen LogP contribution in [-0.4, -0.2) is 21.4 Å². The molecule has 4 aliphatic rings. The second-order valence-corrected chi connectivity index (χ2v) is 9.32. The monoisotopic (exact) mass is 394 g/mol. The second-order valence-electron chi connectivity index (χ2n) is 9.32. The molecule has 6 heteroatoms. The summed E-state index contributed by atoms with van der Waals surface area (Å²) in [7, 11) is 0. The van der Waals surface area contributed by atoms with Crippen LogP contribution in [0, 0.1) is 17.8 Å². The molecule has 6 nitrogen and oxygen atoms in total. The van der Waals surface area contributed by atoms with Crippen LogP contribution in [0.25, 0.3) is 0 Å². The van der Waals surface area contributed by atoms with E-state index in [1.165, 1.54) is 24.8 Å². The number of rotatable bonds is 6. The molecule has 4 bridgehead atoms. The Labute approximate surface area is 172 Å². The van der Waals surface area contributed by atoms with Gasteiger partial charge in [0.05, 0.1) is 18.1 Å². The zero-order valence-electron chi connectivity index (χ0n) is 17.1. The predicted octanol–water partition coefficient (Wildman–Crippen LogP) is 4.57. The molecule has 6 rings (SSSR count). The Morgan fingerprint density at radius 1 is 1.14 bits per heavy atom. The van der Waals surface area contributed by atoms with Gasteiger partial charge in [0.2, 0.25) is 0 Å². The number of nitrogens with one attached hydrogen (secondary N) is 2. The van der Waals surface area contributed by atoms with Crippen LogP contribution in [0.15, 0.2) is 36.7 Å². The Morgan fingerprint density at radius 3 is 2.41 bits per heavy atom. The average molecular weight is 395 g/mol. The minimum absolute atomic E-state index is 0.0165. The van der Waals surface area contributed by atoms with E-state index in [1.807, 2.05) is 12.1 Å². The molecule has 1 aromatic heterocycles. The summed E-state index contributed by atoms with van der Waals surface area (Å²) in [5, 5.41) is 10.6. The molecule has 2 amide bonds. The zero-order valence-corrected chi connectivity index (χ0v) is 17.1. The summed E-state index contributed by atoms with van der Waals surface area (Å²) in [5.41, 5.74) is 1.99. The Morgan fingerprint density at radius 2 is 1.79 bits per heavy atom. The zero-order chi connectivity index (χ0) is 19.8. The van der Waals surface area contributed by atoms with Gasteiger partial charge in [0, 0.05) is 5.54 Å². The molecule has 1 heterocycles. The fourth-order valence-electron chi connectivity index (χ4n) is 6.13. The number of anilines is 1. The number of ether oxygens (including phenoxy) is 1. The van der Waals surface area contributed by atoms with Crippen molar-refractivity contribution in [1.82, 2.24) is 15.1 Å². The van der Waals surface area contributed by atoms with Crippen molar-refractivity contribution < 1.29 is 9.53 Å². The minimum atomic E-state index is -0.109. The van der Waals surface area contributed by atoms with E-state index in [4.69, 9.17) is 4.74 Å². The topological polar surface area (TPSA) is 68.2 Å². The van der Waals surface area contributed by atoms with E-state index in [-0.39, 0.29) is 11.6 Å². The summed E-state index contributed by atoms with van der Waals surface area (Å²) in [6.07, 6.45) is 12.1. The molecule has 29 heavy (non-hydrogen) atoms. The molecule has 1 aromatic carbocycles. The van der Waals surface area contributed by atoms with Gasteiger partial charge in [0.25, 0.3) is 0 Å². The minimum Gasteiger partial charge on any atom is -0.471 e. The van der Waals surface area contributed by atoms with Crippen LogP contribution in [-0.2, 0) is 13.2 Å². The Balaban J connectivity index is 1.14. The number of aromatic nitrogens is 2. The lowest BCUT2D eigenvalue weighted by Gasteiger charge is -2.56. The molecule has 2 aromatic rings. The highest BCUT2D eigenvalue weighted by atomic mass is 16.5. The number of benzene rings is 1. The Bertz CT molecular complexity index is 838. The van der Waals surface area contributed by atoms with Crippen molar-refractivity contribution in [3.05, 3.63) is 42.2 Å². The van der Waals surface area contributed by atoms with Gasteiger partial charge < -0.3 is 15.4 Å². The molecular formula is C23H30N4O2. The quantitative estimate of drug-likeness (QED) is 0.754. The van der Waals surface area contributed by atoms with E-state index in [0.717, 1.165) is 49.2 Å². The van der Waals surface area contributed by atoms with Crippen LogP contribution in [0.1, 0.15) is 51.0 Å². The first-order chi connectivity index (χ1) is 14.1. The molecule has 0 unspecified atom stereocenters. The molecule has 0 radical (unpaired) electrons. The number of amides is 2. The van der Waals surface area contributed by atoms with Crippen LogP contribution in [0.4, 0.5) is 10.5 Å².